The molecule has 1 heterocycles. The number of hydrogen-bond donors (Lipinski definition) is 3. The highest BCUT2D eigenvalue weighted by atomic mass is 32.1. The Morgan fingerprint density at radius 1 is 1.42 bits per heavy atom. The van der Waals surface area contributed by atoms with Crippen LogP contribution in [0.1, 0.15) is 4.88 Å². The summed E-state index contributed by atoms with van der Waals surface area (Å²) in [7, 11) is 0. The van der Waals surface area contributed by atoms with Gasteiger partial charge in [0.2, 0.25) is 0 Å². The van der Waals surface area contributed by atoms with E-state index in [2.05, 4.69) is 5.32 Å². The van der Waals surface area contributed by atoms with Crippen LogP contribution in [0, 0.1) is 0 Å². The van der Waals surface area contributed by atoms with Crippen LogP contribution < -0.4 is 5.32 Å². The maximum Gasteiger partial charge on any atom is 0.0607 e. The summed E-state index contributed by atoms with van der Waals surface area (Å²) in [5.41, 5.74) is 0. The molecule has 0 aliphatic rings. The maximum absolute atomic E-state index is 8.74. The van der Waals surface area contributed by atoms with E-state index in [0.29, 0.717) is 6.54 Å². The van der Waals surface area contributed by atoms with Gasteiger partial charge in [-0.15, -0.1) is 11.3 Å². The van der Waals surface area contributed by atoms with Crippen LogP contribution >= 0.6 is 11.3 Å². The smallest absolute Gasteiger partial charge is 0.0607 e. The zero-order valence-electron chi connectivity index (χ0n) is 6.73. The first kappa shape index (κ1) is 9.67. The molecule has 3 nitrogen and oxygen atoms in total. The van der Waals surface area contributed by atoms with Crippen molar-refractivity contribution < 1.29 is 10.2 Å². The summed E-state index contributed by atoms with van der Waals surface area (Å²) < 4.78 is 0. The van der Waals surface area contributed by atoms with Gasteiger partial charge < -0.3 is 15.5 Å². The second kappa shape index (κ2) is 5.27. The monoisotopic (exact) mass is 187 g/mol. The number of hydrogen-bond acceptors (Lipinski definition) is 4. The molecule has 0 aliphatic heterocycles. The second-order valence-electron chi connectivity index (χ2n) is 2.52. The van der Waals surface area contributed by atoms with E-state index in [4.69, 9.17) is 10.2 Å². The van der Waals surface area contributed by atoms with Crippen LogP contribution in [0.2, 0.25) is 0 Å². The molecule has 0 aromatic carbocycles. The zero-order valence-corrected chi connectivity index (χ0v) is 7.55. The summed E-state index contributed by atoms with van der Waals surface area (Å²) in [6, 6.07) is 3.80. The van der Waals surface area contributed by atoms with Gasteiger partial charge in [0.15, 0.2) is 0 Å². The standard InChI is InChI=1S/C8H13NO2S/c10-5-7(6-11)9-4-8-2-1-3-12-8/h1-3,7,9-11H,4-6H2. The fourth-order valence-corrected chi connectivity index (χ4v) is 1.50. The topological polar surface area (TPSA) is 52.5 Å². The Morgan fingerprint density at radius 2 is 2.17 bits per heavy atom. The summed E-state index contributed by atoms with van der Waals surface area (Å²) >= 11 is 1.66. The number of nitrogens with one attached hydrogen (secondary N) is 1. The van der Waals surface area contributed by atoms with Crippen molar-refractivity contribution in [2.24, 2.45) is 0 Å². The lowest BCUT2D eigenvalue weighted by atomic mass is 10.3. The predicted octanol–water partition coefficient (Wildman–Crippen LogP) is 0.191. The Kier molecular flexibility index (Phi) is 4.24. The minimum Gasteiger partial charge on any atom is -0.395 e. The molecule has 1 aromatic rings. The van der Waals surface area contributed by atoms with Gasteiger partial charge in [-0.05, 0) is 11.4 Å². The van der Waals surface area contributed by atoms with E-state index in [0.717, 1.165) is 0 Å². The SMILES string of the molecule is OCC(CO)NCc1cccs1. The Bertz CT molecular complexity index is 197. The third-order valence-corrected chi connectivity index (χ3v) is 2.46. The lowest BCUT2D eigenvalue weighted by Gasteiger charge is -2.11. The number of aliphatic hydroxyl groups excluding tert-OH is 2. The molecule has 1 aromatic heterocycles. The molecule has 0 bridgehead atoms. The van der Waals surface area contributed by atoms with Gasteiger partial charge >= 0.3 is 0 Å². The van der Waals surface area contributed by atoms with E-state index in [9.17, 15) is 0 Å². The predicted molar refractivity (Wildman–Crippen MR) is 49.1 cm³/mol. The van der Waals surface area contributed by atoms with Crippen molar-refractivity contribution in [2.45, 2.75) is 12.6 Å². The first-order valence-electron chi connectivity index (χ1n) is 3.84. The van der Waals surface area contributed by atoms with E-state index in [1.165, 1.54) is 4.88 Å². The second-order valence-corrected chi connectivity index (χ2v) is 3.55. The van der Waals surface area contributed by atoms with Crippen LogP contribution in [0.5, 0.6) is 0 Å². The third kappa shape index (κ3) is 2.91. The van der Waals surface area contributed by atoms with Crippen molar-refractivity contribution in [3.63, 3.8) is 0 Å². The summed E-state index contributed by atoms with van der Waals surface area (Å²) in [6.07, 6.45) is 0. The van der Waals surface area contributed by atoms with Crippen LogP contribution in [0.4, 0.5) is 0 Å². The largest absolute Gasteiger partial charge is 0.395 e. The van der Waals surface area contributed by atoms with E-state index < -0.39 is 0 Å². The minimum atomic E-state index is -0.202. The van der Waals surface area contributed by atoms with Crippen LogP contribution in [0.3, 0.4) is 0 Å². The molecule has 0 saturated heterocycles. The Labute approximate surface area is 75.7 Å². The number of rotatable bonds is 5. The van der Waals surface area contributed by atoms with Crippen molar-refractivity contribution in [1.82, 2.24) is 5.32 Å². The third-order valence-electron chi connectivity index (χ3n) is 1.59. The van der Waals surface area contributed by atoms with Gasteiger partial charge in [0, 0.05) is 11.4 Å². The molecule has 0 spiro atoms. The Balaban J connectivity index is 2.25. The molecule has 0 radical (unpaired) electrons. The van der Waals surface area contributed by atoms with E-state index in [1.54, 1.807) is 11.3 Å². The molecule has 68 valence electrons. The fraction of sp³-hybridized carbons (Fsp3) is 0.500. The molecular formula is C8H13NO2S. The Morgan fingerprint density at radius 3 is 2.67 bits per heavy atom. The molecule has 12 heavy (non-hydrogen) atoms. The highest BCUT2D eigenvalue weighted by Crippen LogP contribution is 2.07. The van der Waals surface area contributed by atoms with Gasteiger partial charge in [-0.25, -0.2) is 0 Å². The van der Waals surface area contributed by atoms with E-state index in [-0.39, 0.29) is 19.3 Å². The van der Waals surface area contributed by atoms with Crippen molar-refractivity contribution in [3.8, 4) is 0 Å². The molecule has 4 heteroatoms. The van der Waals surface area contributed by atoms with Crippen molar-refractivity contribution in [3.05, 3.63) is 22.4 Å². The minimum absolute atomic E-state index is 0.0259. The van der Waals surface area contributed by atoms with Gasteiger partial charge in [-0.1, -0.05) is 6.07 Å². The molecule has 1 rings (SSSR count). The maximum atomic E-state index is 8.74. The van der Waals surface area contributed by atoms with Crippen LogP contribution in [-0.2, 0) is 6.54 Å². The van der Waals surface area contributed by atoms with Crippen molar-refractivity contribution in [2.75, 3.05) is 13.2 Å². The van der Waals surface area contributed by atoms with Crippen molar-refractivity contribution >= 4 is 11.3 Å². The van der Waals surface area contributed by atoms with Crippen molar-refractivity contribution in [1.29, 1.82) is 0 Å². The molecule has 3 N–H and O–H groups in total. The fourth-order valence-electron chi connectivity index (χ4n) is 0.845. The van der Waals surface area contributed by atoms with Crippen LogP contribution in [0.25, 0.3) is 0 Å². The highest BCUT2D eigenvalue weighted by Gasteiger charge is 2.03. The first-order valence-corrected chi connectivity index (χ1v) is 4.72. The van der Waals surface area contributed by atoms with Crippen LogP contribution in [0.15, 0.2) is 17.5 Å². The van der Waals surface area contributed by atoms with Gasteiger partial charge in [0.25, 0.3) is 0 Å². The normalized spacial score (nSPS) is 10.9. The molecule has 0 saturated carbocycles. The first-order chi connectivity index (χ1) is 5.86. The van der Waals surface area contributed by atoms with Crippen LogP contribution in [-0.4, -0.2) is 29.5 Å². The van der Waals surface area contributed by atoms with Gasteiger partial charge in [-0.3, -0.25) is 0 Å². The lowest BCUT2D eigenvalue weighted by Crippen LogP contribution is -2.34. The molecular weight excluding hydrogens is 174 g/mol. The highest BCUT2D eigenvalue weighted by molar-refractivity contribution is 7.09. The average Bonchev–Trinajstić information content (AvgIpc) is 2.59. The van der Waals surface area contributed by atoms with Gasteiger partial charge in [-0.2, -0.15) is 0 Å². The zero-order chi connectivity index (χ0) is 8.81. The average molecular weight is 187 g/mol. The van der Waals surface area contributed by atoms with Gasteiger partial charge in [0.1, 0.15) is 0 Å². The summed E-state index contributed by atoms with van der Waals surface area (Å²) in [5.74, 6) is 0. The summed E-state index contributed by atoms with van der Waals surface area (Å²) in [6.45, 7) is 0.660. The summed E-state index contributed by atoms with van der Waals surface area (Å²) in [5, 5.41) is 22.5. The molecule has 0 atom stereocenters. The molecule has 0 fully saturated rings. The molecule has 0 aliphatic carbocycles. The number of thiophene rings is 1. The van der Waals surface area contributed by atoms with E-state index in [1.807, 2.05) is 17.5 Å². The molecule has 0 unspecified atom stereocenters. The number of aliphatic hydroxyl groups is 2. The lowest BCUT2D eigenvalue weighted by molar-refractivity contribution is 0.170. The summed E-state index contributed by atoms with van der Waals surface area (Å²) in [4.78, 5) is 1.21. The molecule has 0 amide bonds. The van der Waals surface area contributed by atoms with E-state index >= 15 is 0 Å². The quantitative estimate of drug-likeness (QED) is 0.617. The van der Waals surface area contributed by atoms with Gasteiger partial charge in [0.05, 0.1) is 19.3 Å². The Hall–Kier alpha value is -0.420.